The van der Waals surface area contributed by atoms with Crippen molar-refractivity contribution in [3.8, 4) is 5.75 Å². The Morgan fingerprint density at radius 1 is 1.05 bits per heavy atom. The van der Waals surface area contributed by atoms with Gasteiger partial charge in [-0.15, -0.1) is 11.8 Å². The number of para-hydroxylation sites is 2. The van der Waals surface area contributed by atoms with Crippen molar-refractivity contribution >= 4 is 23.7 Å². The standard InChI is InChI=1S/C18H21NOS/c1-18(2,3)14-9-7-8-13(17(14)20)12-19-15-10-5-6-11-16(15)21-4/h5-12,20H,1-4H3. The second-order valence-corrected chi connectivity index (χ2v) is 6.77. The molecule has 0 spiro atoms. The summed E-state index contributed by atoms with van der Waals surface area (Å²) < 4.78 is 0. The van der Waals surface area contributed by atoms with Crippen LogP contribution in [0.4, 0.5) is 5.69 Å². The number of hydrogen-bond donors (Lipinski definition) is 1. The van der Waals surface area contributed by atoms with Crippen LogP contribution in [0, 0.1) is 0 Å². The number of thioether (sulfide) groups is 1. The largest absolute Gasteiger partial charge is 0.507 e. The molecule has 0 bridgehead atoms. The molecule has 0 aliphatic carbocycles. The molecule has 110 valence electrons. The van der Waals surface area contributed by atoms with Crippen LogP contribution in [0.3, 0.4) is 0 Å². The van der Waals surface area contributed by atoms with Gasteiger partial charge < -0.3 is 5.11 Å². The van der Waals surface area contributed by atoms with Crippen molar-refractivity contribution in [1.82, 2.24) is 0 Å². The topological polar surface area (TPSA) is 32.6 Å². The van der Waals surface area contributed by atoms with Crippen LogP contribution < -0.4 is 0 Å². The second kappa shape index (κ2) is 6.35. The van der Waals surface area contributed by atoms with Gasteiger partial charge in [-0.3, -0.25) is 4.99 Å². The molecule has 0 aliphatic rings. The zero-order chi connectivity index (χ0) is 15.5. The molecule has 0 saturated carbocycles. The molecule has 0 amide bonds. The minimum Gasteiger partial charge on any atom is -0.507 e. The first-order valence-corrected chi connectivity index (χ1v) is 8.15. The molecule has 3 heteroatoms. The molecule has 2 rings (SSSR count). The Labute approximate surface area is 130 Å². The average molecular weight is 299 g/mol. The third-order valence-corrected chi connectivity index (χ3v) is 4.09. The van der Waals surface area contributed by atoms with Gasteiger partial charge in [0.15, 0.2) is 0 Å². The third kappa shape index (κ3) is 3.67. The number of hydrogen-bond acceptors (Lipinski definition) is 3. The highest BCUT2D eigenvalue weighted by atomic mass is 32.2. The fraction of sp³-hybridized carbons (Fsp3) is 0.278. The van der Waals surface area contributed by atoms with Crippen molar-refractivity contribution in [2.75, 3.05) is 6.26 Å². The molecule has 0 saturated heterocycles. The normalized spacial score (nSPS) is 12.0. The molecule has 0 radical (unpaired) electrons. The third-order valence-electron chi connectivity index (χ3n) is 3.30. The molecule has 0 aromatic heterocycles. The van der Waals surface area contributed by atoms with Crippen LogP contribution in [0.2, 0.25) is 0 Å². The molecule has 2 nitrogen and oxygen atoms in total. The summed E-state index contributed by atoms with van der Waals surface area (Å²) >= 11 is 1.67. The summed E-state index contributed by atoms with van der Waals surface area (Å²) in [6, 6.07) is 13.8. The fourth-order valence-corrected chi connectivity index (χ4v) is 2.69. The minimum atomic E-state index is -0.0922. The van der Waals surface area contributed by atoms with E-state index in [0.717, 1.165) is 21.7 Å². The number of nitrogens with zero attached hydrogens (tertiary/aromatic N) is 1. The van der Waals surface area contributed by atoms with Gasteiger partial charge in [0.25, 0.3) is 0 Å². The highest BCUT2D eigenvalue weighted by Crippen LogP contribution is 2.33. The second-order valence-electron chi connectivity index (χ2n) is 5.92. The van der Waals surface area contributed by atoms with Gasteiger partial charge in [0, 0.05) is 16.7 Å². The maximum atomic E-state index is 10.4. The van der Waals surface area contributed by atoms with E-state index in [2.05, 4.69) is 25.8 Å². The molecule has 0 unspecified atom stereocenters. The van der Waals surface area contributed by atoms with Gasteiger partial charge >= 0.3 is 0 Å². The van der Waals surface area contributed by atoms with Gasteiger partial charge in [-0.25, -0.2) is 0 Å². The van der Waals surface area contributed by atoms with Crippen molar-refractivity contribution in [3.63, 3.8) is 0 Å². The first-order chi connectivity index (χ1) is 9.93. The van der Waals surface area contributed by atoms with E-state index in [1.807, 2.05) is 48.7 Å². The predicted octanol–water partition coefficient (Wildman–Crippen LogP) is 5.16. The summed E-state index contributed by atoms with van der Waals surface area (Å²) in [6.45, 7) is 6.27. The van der Waals surface area contributed by atoms with Crippen molar-refractivity contribution in [2.24, 2.45) is 4.99 Å². The molecule has 0 atom stereocenters. The summed E-state index contributed by atoms with van der Waals surface area (Å²) in [5.74, 6) is 0.315. The van der Waals surface area contributed by atoms with Gasteiger partial charge in [0.1, 0.15) is 5.75 Å². The lowest BCUT2D eigenvalue weighted by molar-refractivity contribution is 0.446. The first-order valence-electron chi connectivity index (χ1n) is 6.93. The zero-order valence-electron chi connectivity index (χ0n) is 12.9. The number of benzene rings is 2. The highest BCUT2D eigenvalue weighted by molar-refractivity contribution is 7.98. The Hall–Kier alpha value is -1.74. The van der Waals surface area contributed by atoms with E-state index in [1.165, 1.54) is 0 Å². The highest BCUT2D eigenvalue weighted by Gasteiger charge is 2.19. The smallest absolute Gasteiger partial charge is 0.128 e. The quantitative estimate of drug-likeness (QED) is 0.627. The van der Waals surface area contributed by atoms with Gasteiger partial charge in [0.05, 0.1) is 5.69 Å². The van der Waals surface area contributed by atoms with Gasteiger partial charge in [0.2, 0.25) is 0 Å². The Kier molecular flexibility index (Phi) is 4.73. The van der Waals surface area contributed by atoms with Crippen molar-refractivity contribution < 1.29 is 5.11 Å². The van der Waals surface area contributed by atoms with E-state index in [9.17, 15) is 5.11 Å². The van der Waals surface area contributed by atoms with Crippen molar-refractivity contribution in [2.45, 2.75) is 31.1 Å². The summed E-state index contributed by atoms with van der Waals surface area (Å²) in [6.07, 6.45) is 3.77. The van der Waals surface area contributed by atoms with Crippen molar-refractivity contribution in [3.05, 3.63) is 53.6 Å². The van der Waals surface area contributed by atoms with Crippen LogP contribution in [0.5, 0.6) is 5.75 Å². The Morgan fingerprint density at radius 3 is 2.43 bits per heavy atom. The predicted molar refractivity (Wildman–Crippen MR) is 92.3 cm³/mol. The van der Waals surface area contributed by atoms with E-state index in [4.69, 9.17) is 0 Å². The SMILES string of the molecule is CSc1ccccc1N=Cc1cccc(C(C)(C)C)c1O. The number of aromatic hydroxyl groups is 1. The molecule has 0 aliphatic heterocycles. The lowest BCUT2D eigenvalue weighted by Crippen LogP contribution is -2.11. The number of phenols is 1. The summed E-state index contributed by atoms with van der Waals surface area (Å²) in [4.78, 5) is 5.65. The van der Waals surface area contributed by atoms with E-state index >= 15 is 0 Å². The van der Waals surface area contributed by atoms with E-state index in [0.29, 0.717) is 5.75 Å². The zero-order valence-corrected chi connectivity index (χ0v) is 13.7. The Morgan fingerprint density at radius 2 is 1.76 bits per heavy atom. The maximum absolute atomic E-state index is 10.4. The summed E-state index contributed by atoms with van der Waals surface area (Å²) in [5, 5.41) is 10.4. The lowest BCUT2D eigenvalue weighted by Gasteiger charge is -2.21. The molecule has 2 aromatic rings. The van der Waals surface area contributed by atoms with Crippen LogP contribution in [-0.4, -0.2) is 17.6 Å². The van der Waals surface area contributed by atoms with E-state index < -0.39 is 0 Å². The van der Waals surface area contributed by atoms with E-state index in [-0.39, 0.29) is 5.41 Å². The van der Waals surface area contributed by atoms with Crippen LogP contribution in [-0.2, 0) is 5.41 Å². The first kappa shape index (κ1) is 15.6. The van der Waals surface area contributed by atoms with Gasteiger partial charge in [-0.05, 0) is 35.4 Å². The minimum absolute atomic E-state index is 0.0922. The van der Waals surface area contributed by atoms with Crippen LogP contribution in [0.1, 0.15) is 31.9 Å². The fourth-order valence-electron chi connectivity index (χ4n) is 2.15. The molecular formula is C18H21NOS. The number of aliphatic imine (C=N–C) groups is 1. The molecule has 21 heavy (non-hydrogen) atoms. The summed E-state index contributed by atoms with van der Waals surface area (Å²) in [5.41, 5.74) is 2.51. The van der Waals surface area contributed by atoms with Gasteiger partial charge in [-0.2, -0.15) is 0 Å². The molecule has 0 heterocycles. The van der Waals surface area contributed by atoms with Crippen LogP contribution >= 0.6 is 11.8 Å². The van der Waals surface area contributed by atoms with Crippen molar-refractivity contribution in [1.29, 1.82) is 0 Å². The number of rotatable bonds is 3. The lowest BCUT2D eigenvalue weighted by atomic mass is 9.85. The van der Waals surface area contributed by atoms with Crippen LogP contribution in [0.15, 0.2) is 52.4 Å². The molecule has 0 fully saturated rings. The summed E-state index contributed by atoms with van der Waals surface area (Å²) in [7, 11) is 0. The van der Waals surface area contributed by atoms with Crippen LogP contribution in [0.25, 0.3) is 0 Å². The molecular weight excluding hydrogens is 278 g/mol. The number of phenolic OH excluding ortho intramolecular Hbond substituents is 1. The Bertz CT molecular complexity index is 657. The average Bonchev–Trinajstić information content (AvgIpc) is 2.45. The monoisotopic (exact) mass is 299 g/mol. The van der Waals surface area contributed by atoms with E-state index in [1.54, 1.807) is 18.0 Å². The Balaban J connectivity index is 2.38. The molecule has 2 aromatic carbocycles. The maximum Gasteiger partial charge on any atom is 0.128 e. The van der Waals surface area contributed by atoms with Gasteiger partial charge in [-0.1, -0.05) is 45.0 Å². The molecule has 1 N–H and O–H groups in total.